The van der Waals surface area contributed by atoms with E-state index < -0.39 is 13.0 Å². The Morgan fingerprint density at radius 1 is 1.38 bits per heavy atom. The van der Waals surface area contributed by atoms with Gasteiger partial charge in [-0.3, -0.25) is 4.74 Å². The van der Waals surface area contributed by atoms with Gasteiger partial charge in [0.1, 0.15) is 0 Å². The number of hydrogen-bond donors (Lipinski definition) is 1. The highest BCUT2D eigenvalue weighted by Crippen LogP contribution is 2.20. The first-order valence-corrected chi connectivity index (χ1v) is 5.38. The van der Waals surface area contributed by atoms with Gasteiger partial charge in [-0.05, 0) is 30.7 Å². The van der Waals surface area contributed by atoms with Gasteiger partial charge in [0.05, 0.1) is 6.61 Å². The number of ether oxygens (including phenoxy) is 1. The summed E-state index contributed by atoms with van der Waals surface area (Å²) in [6.45, 7) is 1.61. The van der Waals surface area contributed by atoms with Crippen LogP contribution in [0.2, 0.25) is 0 Å². The number of nitrogens with one attached hydrogen (secondary N) is 1. The van der Waals surface area contributed by atoms with E-state index in [0.29, 0.717) is 0 Å². The van der Waals surface area contributed by atoms with Crippen molar-refractivity contribution >= 4 is 21.6 Å². The first kappa shape index (κ1) is 13.3. The molecule has 0 spiro atoms. The summed E-state index contributed by atoms with van der Waals surface area (Å²) >= 11 is 3.34. The van der Waals surface area contributed by atoms with E-state index in [-0.39, 0.29) is 6.54 Å². The molecule has 0 aliphatic carbocycles. The Morgan fingerprint density at radius 3 is 2.62 bits per heavy atom. The fourth-order valence-electron chi connectivity index (χ4n) is 1.12. The second kappa shape index (κ2) is 5.54. The van der Waals surface area contributed by atoms with E-state index in [1.807, 2.05) is 19.1 Å². The fourth-order valence-corrected chi connectivity index (χ4v) is 1.36. The Hall–Kier alpha value is -0.750. The average molecular weight is 298 g/mol. The second-order valence-corrected chi connectivity index (χ2v) is 4.04. The van der Waals surface area contributed by atoms with Crippen LogP contribution in [0, 0.1) is 6.92 Å². The van der Waals surface area contributed by atoms with Crippen molar-refractivity contribution in [2.45, 2.75) is 13.3 Å². The van der Waals surface area contributed by atoms with E-state index >= 15 is 0 Å². The Labute approximate surface area is 99.9 Å². The van der Waals surface area contributed by atoms with E-state index in [9.17, 15) is 13.2 Å². The number of alkyl halides is 3. The molecule has 1 N–H and O–H groups in total. The van der Waals surface area contributed by atoms with Crippen molar-refractivity contribution in [1.29, 1.82) is 0 Å². The van der Waals surface area contributed by atoms with Gasteiger partial charge in [0.15, 0.2) is 0 Å². The summed E-state index contributed by atoms with van der Waals surface area (Å²) in [6.07, 6.45) is -4.56. The summed E-state index contributed by atoms with van der Waals surface area (Å²) in [7, 11) is 0. The normalized spacial score (nSPS) is 11.6. The summed E-state index contributed by atoms with van der Waals surface area (Å²) in [6, 6.07) is 5.46. The molecule has 16 heavy (non-hydrogen) atoms. The highest BCUT2D eigenvalue weighted by molar-refractivity contribution is 9.10. The van der Waals surface area contributed by atoms with Crippen LogP contribution in [0.1, 0.15) is 5.56 Å². The molecule has 1 aromatic carbocycles. The smallest absolute Gasteiger partial charge is 0.383 e. The molecule has 0 amide bonds. The molecule has 0 unspecified atom stereocenters. The monoisotopic (exact) mass is 297 g/mol. The Balaban J connectivity index is 2.35. The van der Waals surface area contributed by atoms with E-state index in [2.05, 4.69) is 26.0 Å². The summed E-state index contributed by atoms with van der Waals surface area (Å²) in [5.41, 5.74) is 1.79. The minimum absolute atomic E-state index is 0.112. The van der Waals surface area contributed by atoms with Crippen LogP contribution in [0.4, 0.5) is 18.9 Å². The summed E-state index contributed by atoms with van der Waals surface area (Å²) in [4.78, 5) is 0. The zero-order valence-corrected chi connectivity index (χ0v) is 10.2. The molecule has 0 saturated heterocycles. The molecule has 2 nitrogen and oxygen atoms in total. The Bertz CT molecular complexity index is 354. The van der Waals surface area contributed by atoms with Gasteiger partial charge in [0.2, 0.25) is 0 Å². The largest absolute Gasteiger partial charge is 0.522 e. The standard InChI is InChI=1S/C10H11BrF3NO/c1-7-6-8(2-3-9(7)11)15-4-5-16-10(12,13)14/h2-3,6,15H,4-5H2,1H3. The average Bonchev–Trinajstić information content (AvgIpc) is 2.17. The van der Waals surface area contributed by atoms with Crippen LogP contribution in [-0.4, -0.2) is 19.5 Å². The van der Waals surface area contributed by atoms with Gasteiger partial charge >= 0.3 is 6.36 Å². The van der Waals surface area contributed by atoms with Gasteiger partial charge in [-0.1, -0.05) is 15.9 Å². The number of hydrogen-bond acceptors (Lipinski definition) is 2. The number of aryl methyl sites for hydroxylation is 1. The van der Waals surface area contributed by atoms with Crippen molar-refractivity contribution in [3.8, 4) is 0 Å². The fraction of sp³-hybridized carbons (Fsp3) is 0.400. The SMILES string of the molecule is Cc1cc(NCCOC(F)(F)F)ccc1Br. The molecule has 0 aliphatic heterocycles. The minimum Gasteiger partial charge on any atom is -0.383 e. The summed E-state index contributed by atoms with van der Waals surface area (Å²) in [5.74, 6) is 0. The molecule has 0 bridgehead atoms. The predicted molar refractivity (Wildman–Crippen MR) is 59.4 cm³/mol. The van der Waals surface area contributed by atoms with Crippen LogP contribution in [0.5, 0.6) is 0 Å². The lowest BCUT2D eigenvalue weighted by atomic mass is 10.2. The molecule has 0 radical (unpaired) electrons. The molecule has 1 aromatic rings. The third-order valence-corrected chi connectivity index (χ3v) is 2.74. The van der Waals surface area contributed by atoms with Crippen LogP contribution in [0.15, 0.2) is 22.7 Å². The first-order chi connectivity index (χ1) is 7.38. The van der Waals surface area contributed by atoms with Gasteiger partial charge < -0.3 is 5.32 Å². The molecule has 0 heterocycles. The van der Waals surface area contributed by atoms with Crippen LogP contribution in [-0.2, 0) is 4.74 Å². The number of benzene rings is 1. The number of anilines is 1. The molecule has 1 rings (SSSR count). The molecule has 0 aromatic heterocycles. The predicted octanol–water partition coefficient (Wildman–Crippen LogP) is 3.71. The van der Waals surface area contributed by atoms with Gasteiger partial charge in [0.25, 0.3) is 0 Å². The van der Waals surface area contributed by atoms with Crippen LogP contribution in [0.25, 0.3) is 0 Å². The molecule has 0 saturated carbocycles. The molecular formula is C10H11BrF3NO. The van der Waals surface area contributed by atoms with E-state index in [1.54, 1.807) is 6.07 Å². The maximum absolute atomic E-state index is 11.6. The highest BCUT2D eigenvalue weighted by atomic mass is 79.9. The van der Waals surface area contributed by atoms with Crippen LogP contribution >= 0.6 is 15.9 Å². The molecule has 6 heteroatoms. The Morgan fingerprint density at radius 2 is 2.06 bits per heavy atom. The lowest BCUT2D eigenvalue weighted by molar-refractivity contribution is -0.322. The minimum atomic E-state index is -4.56. The number of rotatable bonds is 4. The van der Waals surface area contributed by atoms with E-state index in [4.69, 9.17) is 0 Å². The topological polar surface area (TPSA) is 21.3 Å². The molecule has 90 valence electrons. The quantitative estimate of drug-likeness (QED) is 0.856. The third-order valence-electron chi connectivity index (χ3n) is 1.85. The van der Waals surface area contributed by atoms with Gasteiger partial charge in [-0.15, -0.1) is 13.2 Å². The zero-order valence-electron chi connectivity index (χ0n) is 8.57. The second-order valence-electron chi connectivity index (χ2n) is 3.18. The molecule has 0 atom stereocenters. The molecular weight excluding hydrogens is 287 g/mol. The van der Waals surface area contributed by atoms with Gasteiger partial charge in [0, 0.05) is 16.7 Å². The van der Waals surface area contributed by atoms with E-state index in [0.717, 1.165) is 15.7 Å². The molecule has 0 aliphatic rings. The van der Waals surface area contributed by atoms with Gasteiger partial charge in [-0.25, -0.2) is 0 Å². The highest BCUT2D eigenvalue weighted by Gasteiger charge is 2.28. The summed E-state index contributed by atoms with van der Waals surface area (Å²) in [5, 5.41) is 2.84. The van der Waals surface area contributed by atoms with Crippen molar-refractivity contribution in [2.24, 2.45) is 0 Å². The van der Waals surface area contributed by atoms with E-state index in [1.165, 1.54) is 0 Å². The lowest BCUT2D eigenvalue weighted by Gasteiger charge is -2.10. The maximum Gasteiger partial charge on any atom is 0.522 e. The van der Waals surface area contributed by atoms with Crippen molar-refractivity contribution < 1.29 is 17.9 Å². The van der Waals surface area contributed by atoms with Crippen LogP contribution in [0.3, 0.4) is 0 Å². The third kappa shape index (κ3) is 4.85. The van der Waals surface area contributed by atoms with Crippen molar-refractivity contribution in [1.82, 2.24) is 0 Å². The molecule has 0 fully saturated rings. The maximum atomic E-state index is 11.6. The number of halogens is 4. The lowest BCUT2D eigenvalue weighted by Crippen LogP contribution is -2.19. The van der Waals surface area contributed by atoms with Crippen LogP contribution < -0.4 is 5.32 Å². The van der Waals surface area contributed by atoms with Crippen molar-refractivity contribution in [3.63, 3.8) is 0 Å². The summed E-state index contributed by atoms with van der Waals surface area (Å²) < 4.78 is 39.5. The first-order valence-electron chi connectivity index (χ1n) is 4.59. The van der Waals surface area contributed by atoms with Gasteiger partial charge in [-0.2, -0.15) is 0 Å². The Kier molecular flexibility index (Phi) is 4.61. The zero-order chi connectivity index (χ0) is 12.2. The van der Waals surface area contributed by atoms with Crippen molar-refractivity contribution in [2.75, 3.05) is 18.5 Å². The van der Waals surface area contributed by atoms with Crippen molar-refractivity contribution in [3.05, 3.63) is 28.2 Å².